The van der Waals surface area contributed by atoms with Crippen LogP contribution in [0, 0.1) is 0 Å². The van der Waals surface area contributed by atoms with Crippen LogP contribution in [0.15, 0.2) is 22.9 Å². The van der Waals surface area contributed by atoms with Crippen LogP contribution in [0.2, 0.25) is 0 Å². The second-order valence-electron chi connectivity index (χ2n) is 3.21. The molecule has 0 aliphatic carbocycles. The molecular formula is C9H12BrN2+. The molecular weight excluding hydrogens is 216 g/mol. The number of nitrogens with two attached hydrogens (primary N) is 1. The first kappa shape index (κ1) is 8.20. The van der Waals surface area contributed by atoms with Gasteiger partial charge in [0.1, 0.15) is 6.04 Å². The highest BCUT2D eigenvalue weighted by molar-refractivity contribution is 9.10. The summed E-state index contributed by atoms with van der Waals surface area (Å²) in [6.07, 6.45) is 6.42. The third-order valence-corrected chi connectivity index (χ3v) is 2.76. The zero-order valence-corrected chi connectivity index (χ0v) is 8.42. The summed E-state index contributed by atoms with van der Waals surface area (Å²) in [7, 11) is 0. The summed E-state index contributed by atoms with van der Waals surface area (Å²) < 4.78 is 1.08. The van der Waals surface area contributed by atoms with E-state index in [2.05, 4.69) is 32.3 Å². The fourth-order valence-electron chi connectivity index (χ4n) is 1.71. The van der Waals surface area contributed by atoms with Gasteiger partial charge in [0, 0.05) is 35.3 Å². The van der Waals surface area contributed by atoms with Gasteiger partial charge in [0.15, 0.2) is 0 Å². The lowest BCUT2D eigenvalue weighted by Crippen LogP contribution is -2.81. The highest BCUT2D eigenvalue weighted by Gasteiger charge is 2.20. The first-order valence-electron chi connectivity index (χ1n) is 4.30. The van der Waals surface area contributed by atoms with Crippen molar-refractivity contribution in [1.82, 2.24) is 4.98 Å². The van der Waals surface area contributed by atoms with Crippen molar-refractivity contribution in [3.63, 3.8) is 0 Å². The summed E-state index contributed by atoms with van der Waals surface area (Å²) in [5, 5.41) is 2.39. The van der Waals surface area contributed by atoms with Crippen molar-refractivity contribution in [2.75, 3.05) is 6.54 Å². The second kappa shape index (κ2) is 3.54. The second-order valence-corrected chi connectivity index (χ2v) is 4.13. The molecule has 0 saturated carbocycles. The summed E-state index contributed by atoms with van der Waals surface area (Å²) in [5.41, 5.74) is 1.35. The van der Waals surface area contributed by atoms with Gasteiger partial charge in [0.2, 0.25) is 0 Å². The van der Waals surface area contributed by atoms with Gasteiger partial charge in [-0.3, -0.25) is 4.98 Å². The maximum absolute atomic E-state index is 4.16. The fourth-order valence-corrected chi connectivity index (χ4v) is 2.09. The normalized spacial score (nSPS) is 22.9. The molecule has 1 saturated heterocycles. The minimum absolute atomic E-state index is 0.648. The number of rotatable bonds is 1. The van der Waals surface area contributed by atoms with Gasteiger partial charge < -0.3 is 5.32 Å². The molecule has 64 valence electrons. The zero-order valence-electron chi connectivity index (χ0n) is 6.83. The van der Waals surface area contributed by atoms with Gasteiger partial charge in [0.05, 0.1) is 6.54 Å². The lowest BCUT2D eigenvalue weighted by atomic mass is 10.1. The lowest BCUT2D eigenvalue weighted by Gasteiger charge is -2.06. The molecule has 2 N–H and O–H groups in total. The maximum atomic E-state index is 4.16. The standard InChI is InChI=1S/C9H11BrN2/c10-8-4-7(5-11-6-8)9-2-1-3-12-9/h4-6,9,12H,1-3H2/p+1/t9-/m0/s1. The van der Waals surface area contributed by atoms with E-state index in [1.807, 2.05) is 12.4 Å². The van der Waals surface area contributed by atoms with Crippen LogP contribution in [-0.2, 0) is 0 Å². The van der Waals surface area contributed by atoms with Crippen LogP contribution in [-0.4, -0.2) is 11.5 Å². The van der Waals surface area contributed by atoms with E-state index in [4.69, 9.17) is 0 Å². The van der Waals surface area contributed by atoms with Crippen molar-refractivity contribution in [2.45, 2.75) is 18.9 Å². The Labute approximate surface area is 80.5 Å². The molecule has 2 heterocycles. The number of halogens is 1. The molecule has 0 spiro atoms. The third kappa shape index (κ3) is 1.67. The van der Waals surface area contributed by atoms with Crippen LogP contribution in [0.25, 0.3) is 0 Å². The molecule has 0 unspecified atom stereocenters. The highest BCUT2D eigenvalue weighted by atomic mass is 79.9. The Morgan fingerprint density at radius 1 is 1.50 bits per heavy atom. The largest absolute Gasteiger partial charge is 0.340 e. The summed E-state index contributed by atoms with van der Waals surface area (Å²) in [4.78, 5) is 4.16. The van der Waals surface area contributed by atoms with Gasteiger partial charge in [-0.25, -0.2) is 0 Å². The molecule has 0 amide bonds. The van der Waals surface area contributed by atoms with Gasteiger partial charge in [-0.1, -0.05) is 0 Å². The highest BCUT2D eigenvalue weighted by Crippen LogP contribution is 2.19. The van der Waals surface area contributed by atoms with E-state index in [0.29, 0.717) is 6.04 Å². The Hall–Kier alpha value is -0.410. The van der Waals surface area contributed by atoms with Crippen LogP contribution in [0.1, 0.15) is 24.4 Å². The van der Waals surface area contributed by atoms with Crippen molar-refractivity contribution in [3.05, 3.63) is 28.5 Å². The molecule has 0 radical (unpaired) electrons. The molecule has 3 heteroatoms. The van der Waals surface area contributed by atoms with Crippen molar-refractivity contribution >= 4 is 15.9 Å². The number of hydrogen-bond donors (Lipinski definition) is 1. The number of aromatic nitrogens is 1. The monoisotopic (exact) mass is 227 g/mol. The summed E-state index contributed by atoms with van der Waals surface area (Å²) in [6.45, 7) is 1.26. The van der Waals surface area contributed by atoms with Crippen molar-refractivity contribution in [3.8, 4) is 0 Å². The Morgan fingerprint density at radius 3 is 3.08 bits per heavy atom. The number of pyridine rings is 1. The van der Waals surface area contributed by atoms with Crippen molar-refractivity contribution < 1.29 is 5.32 Å². The van der Waals surface area contributed by atoms with Crippen molar-refractivity contribution in [2.24, 2.45) is 0 Å². The van der Waals surface area contributed by atoms with Crippen LogP contribution >= 0.6 is 15.9 Å². The molecule has 2 rings (SSSR count). The molecule has 0 aromatic carbocycles. The average Bonchev–Trinajstić information content (AvgIpc) is 2.56. The molecule has 1 aromatic rings. The van der Waals surface area contributed by atoms with E-state index in [1.165, 1.54) is 24.9 Å². The minimum Gasteiger partial charge on any atom is -0.340 e. The summed E-state index contributed by atoms with van der Waals surface area (Å²) >= 11 is 3.43. The Morgan fingerprint density at radius 2 is 2.42 bits per heavy atom. The van der Waals surface area contributed by atoms with Crippen LogP contribution in [0.3, 0.4) is 0 Å². The molecule has 1 aliphatic heterocycles. The number of quaternary nitrogens is 1. The van der Waals surface area contributed by atoms with E-state index in [1.54, 1.807) is 0 Å². The maximum Gasteiger partial charge on any atom is 0.113 e. The molecule has 12 heavy (non-hydrogen) atoms. The number of nitrogens with zero attached hydrogens (tertiary/aromatic N) is 1. The van der Waals surface area contributed by atoms with E-state index in [0.717, 1.165) is 4.47 Å². The lowest BCUT2D eigenvalue weighted by molar-refractivity contribution is -0.676. The first-order chi connectivity index (χ1) is 5.86. The topological polar surface area (TPSA) is 29.5 Å². The van der Waals surface area contributed by atoms with Gasteiger partial charge in [-0.2, -0.15) is 0 Å². The summed E-state index contributed by atoms with van der Waals surface area (Å²) in [5.74, 6) is 0. The fraction of sp³-hybridized carbons (Fsp3) is 0.444. The summed E-state index contributed by atoms with van der Waals surface area (Å²) in [6, 6.07) is 2.81. The predicted molar refractivity (Wildman–Crippen MR) is 50.7 cm³/mol. The van der Waals surface area contributed by atoms with Gasteiger partial charge in [0.25, 0.3) is 0 Å². The average molecular weight is 228 g/mol. The van der Waals surface area contributed by atoms with Crippen LogP contribution in [0.4, 0.5) is 0 Å². The van der Waals surface area contributed by atoms with Crippen LogP contribution < -0.4 is 5.32 Å². The van der Waals surface area contributed by atoms with E-state index in [9.17, 15) is 0 Å². The van der Waals surface area contributed by atoms with E-state index < -0.39 is 0 Å². The minimum atomic E-state index is 0.648. The predicted octanol–water partition coefficient (Wildman–Crippen LogP) is 1.24. The van der Waals surface area contributed by atoms with E-state index in [-0.39, 0.29) is 0 Å². The van der Waals surface area contributed by atoms with E-state index >= 15 is 0 Å². The smallest absolute Gasteiger partial charge is 0.113 e. The Balaban J connectivity index is 2.21. The quantitative estimate of drug-likeness (QED) is 0.769. The van der Waals surface area contributed by atoms with Gasteiger partial charge >= 0.3 is 0 Å². The van der Waals surface area contributed by atoms with Gasteiger partial charge in [-0.05, 0) is 22.0 Å². The zero-order chi connectivity index (χ0) is 8.39. The Kier molecular flexibility index (Phi) is 2.42. The Bertz CT molecular complexity index is 269. The molecule has 1 atom stereocenters. The SMILES string of the molecule is Brc1cncc([C@@H]2CCC[NH2+]2)c1. The number of hydrogen-bond acceptors (Lipinski definition) is 1. The van der Waals surface area contributed by atoms with Crippen LogP contribution in [0.5, 0.6) is 0 Å². The molecule has 1 aliphatic rings. The first-order valence-corrected chi connectivity index (χ1v) is 5.09. The van der Waals surface area contributed by atoms with Crippen molar-refractivity contribution in [1.29, 1.82) is 0 Å². The molecule has 1 fully saturated rings. The molecule has 2 nitrogen and oxygen atoms in total. The van der Waals surface area contributed by atoms with Gasteiger partial charge in [-0.15, -0.1) is 0 Å². The molecule has 0 bridgehead atoms. The third-order valence-electron chi connectivity index (χ3n) is 2.32. The molecule has 1 aromatic heterocycles.